The molecule has 20 heavy (non-hydrogen) atoms. The molecule has 4 nitrogen and oxygen atoms in total. The summed E-state index contributed by atoms with van der Waals surface area (Å²) in [6, 6.07) is 4.75. The predicted molar refractivity (Wildman–Crippen MR) is 80.5 cm³/mol. The standard InChI is InChI=1S/C14H19FN2O2S/c1-14(2)8-17(6-9(7-18)19-14)11-5-3-4-10(15)12(11)13(16)20/h3-5,9,18H,6-8H2,1-2H3,(H2,16,20). The number of hydrogen-bond donors (Lipinski definition) is 2. The quantitative estimate of drug-likeness (QED) is 0.827. The maximum Gasteiger partial charge on any atom is 0.135 e. The second-order valence-electron chi connectivity index (χ2n) is 5.56. The predicted octanol–water partition coefficient (Wildman–Crippen LogP) is 1.44. The van der Waals surface area contributed by atoms with Crippen LogP contribution in [0.3, 0.4) is 0 Å². The molecule has 1 saturated heterocycles. The molecule has 1 unspecified atom stereocenters. The first-order valence-corrected chi connectivity index (χ1v) is 6.87. The van der Waals surface area contributed by atoms with Crippen molar-refractivity contribution in [1.82, 2.24) is 0 Å². The molecule has 1 atom stereocenters. The van der Waals surface area contributed by atoms with Crippen LogP contribution in [0.25, 0.3) is 0 Å². The summed E-state index contributed by atoms with van der Waals surface area (Å²) in [5.74, 6) is -0.431. The van der Waals surface area contributed by atoms with Gasteiger partial charge in [0, 0.05) is 13.1 Å². The molecule has 1 aromatic carbocycles. The van der Waals surface area contributed by atoms with Crippen LogP contribution in [0.4, 0.5) is 10.1 Å². The Kier molecular flexibility index (Phi) is 4.27. The third-order valence-corrected chi connectivity index (χ3v) is 3.47. The Morgan fingerprint density at radius 1 is 1.60 bits per heavy atom. The molecule has 0 aliphatic carbocycles. The Bertz CT molecular complexity index is 522. The van der Waals surface area contributed by atoms with Gasteiger partial charge >= 0.3 is 0 Å². The molecule has 0 radical (unpaired) electrons. The van der Waals surface area contributed by atoms with Crippen molar-refractivity contribution in [2.24, 2.45) is 5.73 Å². The molecule has 1 fully saturated rings. The van der Waals surface area contributed by atoms with Crippen molar-refractivity contribution in [3.05, 3.63) is 29.6 Å². The smallest absolute Gasteiger partial charge is 0.135 e. The van der Waals surface area contributed by atoms with Crippen LogP contribution < -0.4 is 10.6 Å². The van der Waals surface area contributed by atoms with Crippen molar-refractivity contribution < 1.29 is 14.2 Å². The number of nitrogens with zero attached hydrogens (tertiary/aromatic N) is 1. The van der Waals surface area contributed by atoms with Crippen molar-refractivity contribution in [3.8, 4) is 0 Å². The molecular weight excluding hydrogens is 279 g/mol. The average Bonchev–Trinajstić information content (AvgIpc) is 2.36. The van der Waals surface area contributed by atoms with E-state index in [4.69, 9.17) is 22.7 Å². The van der Waals surface area contributed by atoms with Crippen LogP contribution in [0.2, 0.25) is 0 Å². The number of benzene rings is 1. The number of aliphatic hydroxyl groups is 1. The Morgan fingerprint density at radius 3 is 2.90 bits per heavy atom. The molecule has 0 saturated carbocycles. The lowest BCUT2D eigenvalue weighted by molar-refractivity contribution is -0.101. The Labute approximate surface area is 123 Å². The maximum atomic E-state index is 14.0. The van der Waals surface area contributed by atoms with Crippen molar-refractivity contribution in [3.63, 3.8) is 0 Å². The van der Waals surface area contributed by atoms with Gasteiger partial charge in [0.05, 0.1) is 29.6 Å². The number of nitrogens with two attached hydrogens (primary N) is 1. The van der Waals surface area contributed by atoms with Gasteiger partial charge in [-0.2, -0.15) is 0 Å². The molecule has 0 amide bonds. The molecule has 110 valence electrons. The summed E-state index contributed by atoms with van der Waals surface area (Å²) >= 11 is 4.95. The van der Waals surface area contributed by atoms with Gasteiger partial charge in [-0.05, 0) is 26.0 Å². The third-order valence-electron chi connectivity index (χ3n) is 3.26. The zero-order valence-electron chi connectivity index (χ0n) is 11.6. The molecule has 0 aromatic heterocycles. The molecule has 2 rings (SSSR count). The van der Waals surface area contributed by atoms with E-state index >= 15 is 0 Å². The Morgan fingerprint density at radius 2 is 2.30 bits per heavy atom. The topological polar surface area (TPSA) is 58.7 Å². The summed E-state index contributed by atoms with van der Waals surface area (Å²) in [5, 5.41) is 9.34. The SMILES string of the molecule is CC1(C)CN(c2cccc(F)c2C(N)=S)CC(CO)O1. The van der Waals surface area contributed by atoms with Gasteiger partial charge in [0.2, 0.25) is 0 Å². The minimum atomic E-state index is -0.439. The van der Waals surface area contributed by atoms with E-state index in [-0.39, 0.29) is 23.3 Å². The normalized spacial score (nSPS) is 21.8. The lowest BCUT2D eigenvalue weighted by atomic mass is 10.0. The van der Waals surface area contributed by atoms with Gasteiger partial charge in [0.1, 0.15) is 10.8 Å². The summed E-state index contributed by atoms with van der Waals surface area (Å²) in [7, 11) is 0. The summed E-state index contributed by atoms with van der Waals surface area (Å²) in [6.07, 6.45) is -0.318. The first-order valence-electron chi connectivity index (χ1n) is 6.46. The van der Waals surface area contributed by atoms with Gasteiger partial charge in [-0.25, -0.2) is 4.39 Å². The number of ether oxygens (including phenoxy) is 1. The van der Waals surface area contributed by atoms with Gasteiger partial charge in [-0.1, -0.05) is 18.3 Å². The van der Waals surface area contributed by atoms with Crippen molar-refractivity contribution >= 4 is 22.9 Å². The van der Waals surface area contributed by atoms with E-state index in [0.717, 1.165) is 0 Å². The Balaban J connectivity index is 2.40. The second kappa shape index (κ2) is 5.63. The summed E-state index contributed by atoms with van der Waals surface area (Å²) in [6.45, 7) is 4.82. The number of morpholine rings is 1. The molecular formula is C14H19FN2O2S. The van der Waals surface area contributed by atoms with Crippen LogP contribution in [-0.2, 0) is 4.74 Å². The van der Waals surface area contributed by atoms with E-state index in [1.165, 1.54) is 6.07 Å². The van der Waals surface area contributed by atoms with Crippen LogP contribution in [0.15, 0.2) is 18.2 Å². The number of hydrogen-bond acceptors (Lipinski definition) is 4. The maximum absolute atomic E-state index is 14.0. The van der Waals surface area contributed by atoms with E-state index in [1.807, 2.05) is 18.7 Å². The van der Waals surface area contributed by atoms with E-state index < -0.39 is 11.4 Å². The number of aliphatic hydroxyl groups excluding tert-OH is 1. The fourth-order valence-corrected chi connectivity index (χ4v) is 2.80. The number of thiocarbonyl (C=S) groups is 1. The lowest BCUT2D eigenvalue weighted by Crippen LogP contribution is -2.54. The highest BCUT2D eigenvalue weighted by Gasteiger charge is 2.34. The van der Waals surface area contributed by atoms with E-state index in [2.05, 4.69) is 0 Å². The third kappa shape index (κ3) is 3.08. The highest BCUT2D eigenvalue weighted by atomic mass is 32.1. The van der Waals surface area contributed by atoms with Crippen LogP contribution >= 0.6 is 12.2 Å². The molecule has 1 aromatic rings. The molecule has 1 aliphatic heterocycles. The summed E-state index contributed by atoms with van der Waals surface area (Å²) in [4.78, 5) is 1.99. The zero-order valence-corrected chi connectivity index (χ0v) is 12.4. The number of halogens is 1. The molecule has 0 spiro atoms. The summed E-state index contributed by atoms with van der Waals surface area (Å²) in [5.41, 5.74) is 6.09. The zero-order chi connectivity index (χ0) is 14.9. The molecule has 6 heteroatoms. The van der Waals surface area contributed by atoms with Crippen LogP contribution in [-0.4, -0.2) is 41.5 Å². The molecule has 1 aliphatic rings. The first-order chi connectivity index (χ1) is 9.34. The van der Waals surface area contributed by atoms with Crippen molar-refractivity contribution in [2.45, 2.75) is 25.6 Å². The van der Waals surface area contributed by atoms with Crippen molar-refractivity contribution in [1.29, 1.82) is 0 Å². The second-order valence-corrected chi connectivity index (χ2v) is 6.00. The van der Waals surface area contributed by atoms with Gasteiger partial charge in [0.25, 0.3) is 0 Å². The molecule has 3 N–H and O–H groups in total. The van der Waals surface area contributed by atoms with Gasteiger partial charge in [-0.3, -0.25) is 0 Å². The van der Waals surface area contributed by atoms with Crippen LogP contribution in [0.1, 0.15) is 19.4 Å². The fraction of sp³-hybridized carbons (Fsp3) is 0.500. The van der Waals surface area contributed by atoms with Crippen LogP contribution in [0.5, 0.6) is 0 Å². The first kappa shape index (κ1) is 15.2. The number of rotatable bonds is 3. The Hall–Kier alpha value is -1.24. The molecule has 0 bridgehead atoms. The van der Waals surface area contributed by atoms with E-state index in [0.29, 0.717) is 18.8 Å². The average molecular weight is 298 g/mol. The summed E-state index contributed by atoms with van der Waals surface area (Å²) < 4.78 is 19.7. The fourth-order valence-electron chi connectivity index (χ4n) is 2.59. The molecule has 1 heterocycles. The van der Waals surface area contributed by atoms with Gasteiger partial charge < -0.3 is 20.5 Å². The number of anilines is 1. The largest absolute Gasteiger partial charge is 0.394 e. The van der Waals surface area contributed by atoms with E-state index in [1.54, 1.807) is 12.1 Å². The minimum absolute atomic E-state index is 0.0305. The minimum Gasteiger partial charge on any atom is -0.394 e. The van der Waals surface area contributed by atoms with E-state index in [9.17, 15) is 9.50 Å². The van der Waals surface area contributed by atoms with Crippen LogP contribution in [0, 0.1) is 5.82 Å². The van der Waals surface area contributed by atoms with Crippen molar-refractivity contribution in [2.75, 3.05) is 24.6 Å². The van der Waals surface area contributed by atoms with Gasteiger partial charge in [0.15, 0.2) is 0 Å². The lowest BCUT2D eigenvalue weighted by Gasteiger charge is -2.44. The highest BCUT2D eigenvalue weighted by molar-refractivity contribution is 7.80. The van der Waals surface area contributed by atoms with Gasteiger partial charge in [-0.15, -0.1) is 0 Å². The highest BCUT2D eigenvalue weighted by Crippen LogP contribution is 2.29. The monoisotopic (exact) mass is 298 g/mol.